The topological polar surface area (TPSA) is 69.9 Å². The largest absolute Gasteiger partial charge is 0.396 e. The Kier molecular flexibility index (Phi) is 5.15. The van der Waals surface area contributed by atoms with E-state index < -0.39 is 12.6 Å². The number of aliphatic hydroxyl groups excluding tert-OH is 3. The molecule has 0 amide bonds. The summed E-state index contributed by atoms with van der Waals surface area (Å²) in [4.78, 5) is 0. The van der Waals surface area contributed by atoms with Crippen LogP contribution in [0.2, 0.25) is 0 Å². The molecule has 3 N–H and O–H groups in total. The Morgan fingerprint density at radius 2 is 2.10 bits per heavy atom. The van der Waals surface area contributed by atoms with E-state index in [1.54, 1.807) is 0 Å². The van der Waals surface area contributed by atoms with Gasteiger partial charge in [0.15, 0.2) is 12.6 Å². The first-order valence-corrected chi connectivity index (χ1v) is 2.95. The molecule has 10 heavy (non-hydrogen) atoms. The minimum absolute atomic E-state index is 0.0882. The van der Waals surface area contributed by atoms with Crippen molar-refractivity contribution in [2.45, 2.75) is 19.0 Å². The van der Waals surface area contributed by atoms with Gasteiger partial charge in [0.25, 0.3) is 0 Å². The lowest BCUT2D eigenvalue weighted by Gasteiger charge is -2.12. The first-order valence-electron chi connectivity index (χ1n) is 2.95. The van der Waals surface area contributed by atoms with Gasteiger partial charge in [0, 0.05) is 13.0 Å². The molecule has 4 heteroatoms. The van der Waals surface area contributed by atoms with Gasteiger partial charge in [-0.1, -0.05) is 6.58 Å². The van der Waals surface area contributed by atoms with E-state index in [0.29, 0.717) is 0 Å². The first-order chi connectivity index (χ1) is 4.70. The molecule has 2 unspecified atom stereocenters. The maximum absolute atomic E-state index is 8.76. The molecular formula is C6H12O4. The number of hydrogen-bond donors (Lipinski definition) is 3. The van der Waals surface area contributed by atoms with Crippen LogP contribution in [0.15, 0.2) is 12.7 Å². The van der Waals surface area contributed by atoms with E-state index >= 15 is 0 Å². The number of rotatable bonds is 5. The monoisotopic (exact) mass is 148 g/mol. The summed E-state index contributed by atoms with van der Waals surface area (Å²) in [6.07, 6.45) is -1.06. The van der Waals surface area contributed by atoms with Crippen LogP contribution in [-0.2, 0) is 4.74 Å². The predicted octanol–water partition coefficient (Wildman–Crippen LogP) is -0.792. The zero-order valence-corrected chi connectivity index (χ0v) is 5.60. The van der Waals surface area contributed by atoms with Crippen LogP contribution < -0.4 is 0 Å². The Bertz CT molecular complexity index is 93.7. The average Bonchev–Trinajstić information content (AvgIpc) is 1.88. The van der Waals surface area contributed by atoms with Gasteiger partial charge in [-0.3, -0.25) is 0 Å². The Morgan fingerprint density at radius 3 is 2.50 bits per heavy atom. The fraction of sp³-hybridized carbons (Fsp3) is 0.667. The Labute approximate surface area is 59.4 Å². The van der Waals surface area contributed by atoms with Crippen molar-refractivity contribution in [1.82, 2.24) is 0 Å². The quantitative estimate of drug-likeness (QED) is 0.353. The summed E-state index contributed by atoms with van der Waals surface area (Å²) in [5.41, 5.74) is 0. The van der Waals surface area contributed by atoms with E-state index in [0.717, 1.165) is 6.08 Å². The molecule has 0 aliphatic carbocycles. The Hall–Kier alpha value is -0.420. The number of aliphatic hydroxyl groups is 3. The van der Waals surface area contributed by atoms with Crippen LogP contribution in [-0.4, -0.2) is 34.5 Å². The maximum Gasteiger partial charge on any atom is 0.176 e. The van der Waals surface area contributed by atoms with Gasteiger partial charge in [0.2, 0.25) is 0 Å². The summed E-state index contributed by atoms with van der Waals surface area (Å²) in [5.74, 6) is 0. The molecule has 2 atom stereocenters. The summed E-state index contributed by atoms with van der Waals surface area (Å²) >= 11 is 0. The normalized spacial score (nSPS) is 16.3. The molecule has 0 saturated heterocycles. The summed E-state index contributed by atoms with van der Waals surface area (Å²) in [5, 5.41) is 25.7. The number of hydrogen-bond acceptors (Lipinski definition) is 4. The summed E-state index contributed by atoms with van der Waals surface area (Å²) < 4.78 is 4.47. The first kappa shape index (κ1) is 9.58. The van der Waals surface area contributed by atoms with Crippen molar-refractivity contribution in [3.05, 3.63) is 12.7 Å². The van der Waals surface area contributed by atoms with Crippen molar-refractivity contribution in [1.29, 1.82) is 0 Å². The van der Waals surface area contributed by atoms with Crippen molar-refractivity contribution >= 4 is 0 Å². The maximum atomic E-state index is 8.76. The second-order valence-corrected chi connectivity index (χ2v) is 1.73. The standard InChI is InChI=1S/C6H12O4/c1-2-5(8)10-6(9)3-4-7/h2,5-9H,1,3-4H2. The van der Waals surface area contributed by atoms with E-state index in [1.807, 2.05) is 0 Å². The molecular weight excluding hydrogens is 136 g/mol. The van der Waals surface area contributed by atoms with Crippen LogP contribution in [0.1, 0.15) is 6.42 Å². The van der Waals surface area contributed by atoms with Crippen LogP contribution in [0.3, 0.4) is 0 Å². The molecule has 0 radical (unpaired) electrons. The highest BCUT2D eigenvalue weighted by Crippen LogP contribution is 1.97. The SMILES string of the molecule is C=CC(O)OC(O)CCO. The molecule has 0 heterocycles. The average molecular weight is 148 g/mol. The van der Waals surface area contributed by atoms with Gasteiger partial charge >= 0.3 is 0 Å². The van der Waals surface area contributed by atoms with Crippen molar-refractivity contribution in [3.63, 3.8) is 0 Å². The van der Waals surface area contributed by atoms with Crippen LogP contribution >= 0.6 is 0 Å². The van der Waals surface area contributed by atoms with Gasteiger partial charge in [-0.25, -0.2) is 0 Å². The lowest BCUT2D eigenvalue weighted by Crippen LogP contribution is -2.20. The minimum atomic E-state index is -1.17. The van der Waals surface area contributed by atoms with Gasteiger partial charge in [-0.05, 0) is 6.08 Å². The van der Waals surface area contributed by atoms with Crippen molar-refractivity contribution in [3.8, 4) is 0 Å². The minimum Gasteiger partial charge on any atom is -0.396 e. The van der Waals surface area contributed by atoms with E-state index in [-0.39, 0.29) is 13.0 Å². The summed E-state index contributed by atoms with van der Waals surface area (Å²) in [6, 6.07) is 0. The third-order valence-electron chi connectivity index (χ3n) is 0.874. The smallest absolute Gasteiger partial charge is 0.176 e. The lowest BCUT2D eigenvalue weighted by molar-refractivity contribution is -0.191. The molecule has 0 aliphatic heterocycles. The molecule has 0 rings (SSSR count). The molecule has 60 valence electrons. The molecule has 0 bridgehead atoms. The molecule has 0 aromatic heterocycles. The van der Waals surface area contributed by atoms with Gasteiger partial charge in [0.1, 0.15) is 0 Å². The van der Waals surface area contributed by atoms with Crippen LogP contribution in [0.25, 0.3) is 0 Å². The molecule has 0 aromatic carbocycles. The highest BCUT2D eigenvalue weighted by Gasteiger charge is 2.06. The summed E-state index contributed by atoms with van der Waals surface area (Å²) in [7, 11) is 0. The van der Waals surface area contributed by atoms with Crippen molar-refractivity contribution in [2.24, 2.45) is 0 Å². The third kappa shape index (κ3) is 4.46. The van der Waals surface area contributed by atoms with Gasteiger partial charge in [-0.2, -0.15) is 0 Å². The van der Waals surface area contributed by atoms with Crippen LogP contribution in [0.5, 0.6) is 0 Å². The molecule has 0 saturated carbocycles. The zero-order valence-electron chi connectivity index (χ0n) is 5.60. The highest BCUT2D eigenvalue weighted by molar-refractivity contribution is 4.69. The fourth-order valence-electron chi connectivity index (χ4n) is 0.395. The second-order valence-electron chi connectivity index (χ2n) is 1.73. The Balaban J connectivity index is 3.36. The fourth-order valence-corrected chi connectivity index (χ4v) is 0.395. The van der Waals surface area contributed by atoms with E-state index in [2.05, 4.69) is 11.3 Å². The van der Waals surface area contributed by atoms with Gasteiger partial charge < -0.3 is 20.1 Å². The Morgan fingerprint density at radius 1 is 1.50 bits per heavy atom. The van der Waals surface area contributed by atoms with Crippen LogP contribution in [0, 0.1) is 0 Å². The van der Waals surface area contributed by atoms with E-state index in [9.17, 15) is 0 Å². The molecule has 0 fully saturated rings. The highest BCUT2D eigenvalue weighted by atomic mass is 16.7. The molecule has 0 spiro atoms. The van der Waals surface area contributed by atoms with Crippen LogP contribution in [0.4, 0.5) is 0 Å². The van der Waals surface area contributed by atoms with Gasteiger partial charge in [0.05, 0.1) is 0 Å². The second kappa shape index (κ2) is 5.37. The molecule has 0 aromatic rings. The third-order valence-corrected chi connectivity index (χ3v) is 0.874. The van der Waals surface area contributed by atoms with Gasteiger partial charge in [-0.15, -0.1) is 0 Å². The van der Waals surface area contributed by atoms with E-state index in [1.165, 1.54) is 0 Å². The van der Waals surface area contributed by atoms with Crippen molar-refractivity contribution in [2.75, 3.05) is 6.61 Å². The molecule has 0 aliphatic rings. The van der Waals surface area contributed by atoms with E-state index in [4.69, 9.17) is 15.3 Å². The predicted molar refractivity (Wildman–Crippen MR) is 35.0 cm³/mol. The summed E-state index contributed by atoms with van der Waals surface area (Å²) in [6.45, 7) is 3.05. The molecule has 4 nitrogen and oxygen atoms in total. The van der Waals surface area contributed by atoms with Crippen molar-refractivity contribution < 1.29 is 20.1 Å². The number of ether oxygens (including phenoxy) is 1. The zero-order chi connectivity index (χ0) is 7.98. The lowest BCUT2D eigenvalue weighted by atomic mass is 10.4.